The number of nitro benzene ring substituents is 1. The summed E-state index contributed by atoms with van der Waals surface area (Å²) in [6.45, 7) is 4.52. The summed E-state index contributed by atoms with van der Waals surface area (Å²) in [5, 5.41) is 10.7. The molecule has 0 aliphatic carbocycles. The molecular formula is C13H15FN2O4. The van der Waals surface area contributed by atoms with E-state index in [-0.39, 0.29) is 23.7 Å². The van der Waals surface area contributed by atoms with Crippen molar-refractivity contribution in [2.45, 2.75) is 26.1 Å². The summed E-state index contributed by atoms with van der Waals surface area (Å²) in [5.41, 5.74) is -0.579. The van der Waals surface area contributed by atoms with Gasteiger partial charge < -0.3 is 9.64 Å². The molecule has 1 aromatic carbocycles. The third-order valence-electron chi connectivity index (χ3n) is 3.10. The predicted molar refractivity (Wildman–Crippen MR) is 69.0 cm³/mol. The Morgan fingerprint density at radius 2 is 2.00 bits per heavy atom. The van der Waals surface area contributed by atoms with Gasteiger partial charge in [0.05, 0.1) is 17.1 Å². The van der Waals surface area contributed by atoms with E-state index in [2.05, 4.69) is 0 Å². The van der Waals surface area contributed by atoms with Crippen LogP contribution in [0.3, 0.4) is 0 Å². The number of nitro groups is 1. The fraction of sp³-hybridized carbons (Fsp3) is 0.462. The normalized spacial score (nSPS) is 22.6. The zero-order valence-electron chi connectivity index (χ0n) is 11.2. The monoisotopic (exact) mass is 282 g/mol. The molecule has 1 aliphatic heterocycles. The zero-order chi connectivity index (χ0) is 14.9. The number of benzene rings is 1. The van der Waals surface area contributed by atoms with E-state index in [1.807, 2.05) is 13.8 Å². The molecule has 0 radical (unpaired) electrons. The van der Waals surface area contributed by atoms with Gasteiger partial charge in [0.1, 0.15) is 0 Å². The first-order chi connectivity index (χ1) is 9.38. The third kappa shape index (κ3) is 2.93. The summed E-state index contributed by atoms with van der Waals surface area (Å²) in [6.07, 6.45) is -0.198. The maximum Gasteiger partial charge on any atom is 0.305 e. The fourth-order valence-corrected chi connectivity index (χ4v) is 2.31. The summed E-state index contributed by atoms with van der Waals surface area (Å²) in [6, 6.07) is 3.18. The first-order valence-corrected chi connectivity index (χ1v) is 6.27. The van der Waals surface area contributed by atoms with Gasteiger partial charge in [-0.25, -0.2) is 0 Å². The number of ether oxygens (including phenoxy) is 1. The second-order valence-corrected chi connectivity index (χ2v) is 4.89. The predicted octanol–water partition coefficient (Wildman–Crippen LogP) is 1.98. The Balaban J connectivity index is 2.25. The van der Waals surface area contributed by atoms with Gasteiger partial charge in [-0.05, 0) is 26.0 Å². The molecule has 1 saturated heterocycles. The number of amides is 1. The van der Waals surface area contributed by atoms with Crippen LogP contribution in [0.1, 0.15) is 24.2 Å². The average Bonchev–Trinajstić information content (AvgIpc) is 2.37. The maximum absolute atomic E-state index is 13.3. The van der Waals surface area contributed by atoms with Crippen LogP contribution in [0.5, 0.6) is 0 Å². The van der Waals surface area contributed by atoms with Crippen LogP contribution in [0.4, 0.5) is 10.1 Å². The average molecular weight is 282 g/mol. The lowest BCUT2D eigenvalue weighted by Gasteiger charge is -2.35. The van der Waals surface area contributed by atoms with Gasteiger partial charge >= 0.3 is 5.69 Å². The van der Waals surface area contributed by atoms with Gasteiger partial charge in [-0.2, -0.15) is 4.39 Å². The fourth-order valence-electron chi connectivity index (χ4n) is 2.31. The van der Waals surface area contributed by atoms with Gasteiger partial charge in [0, 0.05) is 24.7 Å². The van der Waals surface area contributed by atoms with E-state index >= 15 is 0 Å². The van der Waals surface area contributed by atoms with Crippen molar-refractivity contribution in [1.82, 2.24) is 4.90 Å². The Bertz CT molecular complexity index is 539. The highest BCUT2D eigenvalue weighted by atomic mass is 19.1. The molecular weight excluding hydrogens is 267 g/mol. The van der Waals surface area contributed by atoms with Crippen LogP contribution in [0.15, 0.2) is 18.2 Å². The summed E-state index contributed by atoms with van der Waals surface area (Å²) < 4.78 is 18.8. The van der Waals surface area contributed by atoms with E-state index in [9.17, 15) is 19.3 Å². The highest BCUT2D eigenvalue weighted by molar-refractivity contribution is 5.95. The van der Waals surface area contributed by atoms with Gasteiger partial charge in [-0.15, -0.1) is 0 Å². The maximum atomic E-state index is 13.3. The van der Waals surface area contributed by atoms with Crippen LogP contribution < -0.4 is 0 Å². The van der Waals surface area contributed by atoms with Gasteiger partial charge in [-0.1, -0.05) is 0 Å². The van der Waals surface area contributed by atoms with Gasteiger partial charge in [0.15, 0.2) is 0 Å². The van der Waals surface area contributed by atoms with Crippen molar-refractivity contribution in [2.24, 2.45) is 0 Å². The lowest BCUT2D eigenvalue weighted by molar-refractivity contribution is -0.387. The molecule has 6 nitrogen and oxygen atoms in total. The van der Waals surface area contributed by atoms with E-state index < -0.39 is 16.4 Å². The Morgan fingerprint density at radius 3 is 2.55 bits per heavy atom. The van der Waals surface area contributed by atoms with E-state index in [4.69, 9.17) is 4.74 Å². The second-order valence-electron chi connectivity index (χ2n) is 4.89. The van der Waals surface area contributed by atoms with Crippen LogP contribution in [-0.2, 0) is 4.74 Å². The molecule has 1 fully saturated rings. The SMILES string of the molecule is C[C@@H]1CN(C(=O)c2ccc(F)c([N+](=O)[O-])c2)C[C@H](C)O1. The minimum Gasteiger partial charge on any atom is -0.372 e. The van der Waals surface area contributed by atoms with Crippen LogP contribution in [0.25, 0.3) is 0 Å². The molecule has 20 heavy (non-hydrogen) atoms. The minimum absolute atomic E-state index is 0.0989. The van der Waals surface area contributed by atoms with Crippen molar-refractivity contribution in [1.29, 1.82) is 0 Å². The highest BCUT2D eigenvalue weighted by Gasteiger charge is 2.28. The number of rotatable bonds is 2. The van der Waals surface area contributed by atoms with Crippen molar-refractivity contribution in [3.05, 3.63) is 39.7 Å². The van der Waals surface area contributed by atoms with Crippen molar-refractivity contribution in [2.75, 3.05) is 13.1 Å². The Morgan fingerprint density at radius 1 is 1.40 bits per heavy atom. The lowest BCUT2D eigenvalue weighted by atomic mass is 10.1. The van der Waals surface area contributed by atoms with Crippen LogP contribution in [0, 0.1) is 15.9 Å². The molecule has 0 N–H and O–H groups in total. The van der Waals surface area contributed by atoms with E-state index in [0.717, 1.165) is 12.1 Å². The first-order valence-electron chi connectivity index (χ1n) is 6.27. The molecule has 7 heteroatoms. The molecule has 108 valence electrons. The van der Waals surface area contributed by atoms with E-state index in [1.54, 1.807) is 4.90 Å². The molecule has 0 unspecified atom stereocenters. The number of nitrogens with zero attached hydrogens (tertiary/aromatic N) is 2. The molecule has 0 saturated carbocycles. The van der Waals surface area contributed by atoms with Crippen LogP contribution in [0.2, 0.25) is 0 Å². The Hall–Kier alpha value is -2.02. The summed E-state index contributed by atoms with van der Waals surface area (Å²) in [4.78, 5) is 23.7. The largest absolute Gasteiger partial charge is 0.372 e. The van der Waals surface area contributed by atoms with E-state index in [1.165, 1.54) is 6.07 Å². The lowest BCUT2D eigenvalue weighted by Crippen LogP contribution is -2.48. The Labute approximate surface area is 115 Å². The molecule has 1 aliphatic rings. The zero-order valence-corrected chi connectivity index (χ0v) is 11.2. The molecule has 0 aromatic heterocycles. The van der Waals surface area contributed by atoms with Crippen molar-refractivity contribution in [3.8, 4) is 0 Å². The molecule has 0 bridgehead atoms. The standard InChI is InChI=1S/C13H15FN2O4/c1-8-6-15(7-9(2)20-8)13(17)10-3-4-11(14)12(5-10)16(18)19/h3-5,8-9H,6-7H2,1-2H3/t8-,9+. The molecule has 0 spiro atoms. The quantitative estimate of drug-likeness (QED) is 0.614. The summed E-state index contributed by atoms with van der Waals surface area (Å²) in [7, 11) is 0. The molecule has 2 atom stereocenters. The number of hydrogen-bond donors (Lipinski definition) is 0. The minimum atomic E-state index is -0.949. The molecule has 1 amide bonds. The molecule has 2 rings (SSSR count). The van der Waals surface area contributed by atoms with E-state index in [0.29, 0.717) is 13.1 Å². The number of morpholine rings is 1. The molecule has 1 heterocycles. The topological polar surface area (TPSA) is 72.7 Å². The third-order valence-corrected chi connectivity index (χ3v) is 3.10. The van der Waals surface area contributed by atoms with Gasteiger partial charge in [0.2, 0.25) is 5.82 Å². The second kappa shape index (κ2) is 5.54. The van der Waals surface area contributed by atoms with Gasteiger partial charge in [-0.3, -0.25) is 14.9 Å². The van der Waals surface area contributed by atoms with Crippen molar-refractivity contribution >= 4 is 11.6 Å². The van der Waals surface area contributed by atoms with Crippen LogP contribution >= 0.6 is 0 Å². The molecule has 1 aromatic rings. The van der Waals surface area contributed by atoms with Crippen molar-refractivity contribution in [3.63, 3.8) is 0 Å². The highest BCUT2D eigenvalue weighted by Crippen LogP contribution is 2.21. The number of carbonyl (C=O) groups is 1. The summed E-state index contributed by atoms with van der Waals surface area (Å²) >= 11 is 0. The smallest absolute Gasteiger partial charge is 0.305 e. The number of halogens is 1. The Kier molecular flexibility index (Phi) is 3.99. The van der Waals surface area contributed by atoms with Crippen molar-refractivity contribution < 1.29 is 18.8 Å². The number of carbonyl (C=O) groups excluding carboxylic acids is 1. The number of hydrogen-bond acceptors (Lipinski definition) is 4. The first kappa shape index (κ1) is 14.4. The van der Waals surface area contributed by atoms with Crippen LogP contribution in [-0.4, -0.2) is 41.0 Å². The van der Waals surface area contributed by atoms with Gasteiger partial charge in [0.25, 0.3) is 5.91 Å². The summed E-state index contributed by atoms with van der Waals surface area (Å²) in [5.74, 6) is -1.30.